The Hall–Kier alpha value is -2.47. The smallest absolute Gasteiger partial charge is 0.354 e. The number of rotatable bonds is 2. The Bertz CT molecular complexity index is 628. The number of carbonyl (C=O) groups is 2. The van der Waals surface area contributed by atoms with Crippen LogP contribution in [0.15, 0.2) is 36.7 Å². The molecule has 20 heavy (non-hydrogen) atoms. The number of aromatic nitrogens is 2. The molecule has 7 heteroatoms. The second-order valence-corrected chi connectivity index (χ2v) is 4.15. The lowest BCUT2D eigenvalue weighted by molar-refractivity contribution is -0.115. The number of hydrogen-bond donors (Lipinski definition) is 2. The van der Waals surface area contributed by atoms with Gasteiger partial charge in [0.15, 0.2) is 5.69 Å². The topological polar surface area (TPSA) is 106 Å². The molecule has 0 aliphatic heterocycles. The molecule has 1 aromatic carbocycles. The Labute approximate surface area is 120 Å². The third kappa shape index (κ3) is 5.03. The van der Waals surface area contributed by atoms with E-state index in [1.807, 2.05) is 0 Å². The van der Waals surface area contributed by atoms with Crippen molar-refractivity contribution in [1.29, 1.82) is 0 Å². The van der Waals surface area contributed by atoms with Crippen LogP contribution in [0.5, 0.6) is 0 Å². The molecule has 0 saturated carbocycles. The van der Waals surface area contributed by atoms with Gasteiger partial charge in [0.2, 0.25) is 5.91 Å². The lowest BCUT2D eigenvalue weighted by atomic mass is 10.1. The van der Waals surface area contributed by atoms with Crippen molar-refractivity contribution in [2.45, 2.75) is 6.92 Å². The van der Waals surface area contributed by atoms with Crippen LogP contribution in [0.4, 0.5) is 0 Å². The first kappa shape index (κ1) is 15.6. The van der Waals surface area contributed by atoms with Gasteiger partial charge < -0.3 is 10.8 Å². The van der Waals surface area contributed by atoms with Gasteiger partial charge in [0, 0.05) is 17.5 Å². The maximum absolute atomic E-state index is 10.7. The van der Waals surface area contributed by atoms with E-state index in [1.165, 1.54) is 19.3 Å². The molecule has 1 amide bonds. The maximum Gasteiger partial charge on any atom is 0.354 e. The molecule has 0 aliphatic carbocycles. The van der Waals surface area contributed by atoms with Crippen LogP contribution in [0.2, 0.25) is 5.02 Å². The van der Waals surface area contributed by atoms with Crippen molar-refractivity contribution in [3.8, 4) is 11.3 Å². The highest BCUT2D eigenvalue weighted by molar-refractivity contribution is 6.30. The highest BCUT2D eigenvalue weighted by Gasteiger charge is 2.07. The third-order valence-electron chi connectivity index (χ3n) is 2.01. The predicted octanol–water partition coefficient (Wildman–Crippen LogP) is 1.99. The van der Waals surface area contributed by atoms with Crippen molar-refractivity contribution in [2.75, 3.05) is 0 Å². The van der Waals surface area contributed by atoms with Gasteiger partial charge in [0.25, 0.3) is 0 Å². The van der Waals surface area contributed by atoms with Crippen LogP contribution in [-0.4, -0.2) is 27.0 Å². The van der Waals surface area contributed by atoms with E-state index in [0.29, 0.717) is 10.7 Å². The molecule has 1 heterocycles. The fraction of sp³-hybridized carbons (Fsp3) is 0.0769. The number of hydrogen-bond acceptors (Lipinski definition) is 4. The van der Waals surface area contributed by atoms with Gasteiger partial charge in [-0.05, 0) is 18.2 Å². The van der Waals surface area contributed by atoms with Gasteiger partial charge >= 0.3 is 5.97 Å². The Kier molecular flexibility index (Phi) is 5.61. The van der Waals surface area contributed by atoms with Gasteiger partial charge in [-0.15, -0.1) is 0 Å². The number of halogens is 1. The van der Waals surface area contributed by atoms with Crippen molar-refractivity contribution < 1.29 is 14.7 Å². The van der Waals surface area contributed by atoms with Gasteiger partial charge in [0.05, 0.1) is 5.69 Å². The van der Waals surface area contributed by atoms with Crippen molar-refractivity contribution >= 4 is 23.5 Å². The average Bonchev–Trinajstić information content (AvgIpc) is 2.38. The van der Waals surface area contributed by atoms with E-state index in [9.17, 15) is 9.59 Å². The number of carbonyl (C=O) groups excluding carboxylic acids is 1. The highest BCUT2D eigenvalue weighted by atomic mass is 35.5. The molecule has 1 aromatic heterocycles. The van der Waals surface area contributed by atoms with Crippen LogP contribution >= 0.6 is 11.6 Å². The first-order valence-electron chi connectivity index (χ1n) is 5.47. The summed E-state index contributed by atoms with van der Waals surface area (Å²) in [6.45, 7) is 1.31. The van der Waals surface area contributed by atoms with Crippen LogP contribution in [0.1, 0.15) is 17.4 Å². The highest BCUT2D eigenvalue weighted by Crippen LogP contribution is 2.20. The minimum absolute atomic E-state index is 0.0371. The molecule has 104 valence electrons. The van der Waals surface area contributed by atoms with Crippen molar-refractivity contribution in [3.63, 3.8) is 0 Å². The van der Waals surface area contributed by atoms with Gasteiger partial charge in [-0.3, -0.25) is 4.79 Å². The summed E-state index contributed by atoms with van der Waals surface area (Å²) >= 11 is 5.84. The summed E-state index contributed by atoms with van der Waals surface area (Å²) in [5.74, 6) is -1.41. The molecule has 3 N–H and O–H groups in total. The number of amides is 1. The molecule has 0 spiro atoms. The number of benzene rings is 1. The molecule has 0 atom stereocenters. The Morgan fingerprint density at radius 3 is 2.45 bits per heavy atom. The molecule has 0 aliphatic rings. The van der Waals surface area contributed by atoms with E-state index in [4.69, 9.17) is 16.7 Å². The first-order chi connectivity index (χ1) is 9.40. The molecular formula is C13H12ClN3O3. The van der Waals surface area contributed by atoms with Crippen molar-refractivity contribution in [2.24, 2.45) is 5.73 Å². The van der Waals surface area contributed by atoms with Crippen molar-refractivity contribution in [3.05, 3.63) is 47.4 Å². The van der Waals surface area contributed by atoms with Crippen LogP contribution < -0.4 is 5.73 Å². The lowest BCUT2D eigenvalue weighted by Crippen LogP contribution is -2.01. The molecule has 0 radical (unpaired) electrons. The Morgan fingerprint density at radius 2 is 1.90 bits per heavy atom. The summed E-state index contributed by atoms with van der Waals surface area (Å²) < 4.78 is 0. The van der Waals surface area contributed by atoms with Crippen LogP contribution in [0.25, 0.3) is 11.3 Å². The summed E-state index contributed by atoms with van der Waals surface area (Å²) in [7, 11) is 0. The zero-order valence-corrected chi connectivity index (χ0v) is 11.3. The average molecular weight is 294 g/mol. The normalized spacial score (nSPS) is 9.30. The summed E-state index contributed by atoms with van der Waals surface area (Å²) in [6.07, 6.45) is 1.22. The van der Waals surface area contributed by atoms with E-state index in [0.717, 1.165) is 5.56 Å². The molecule has 2 aromatic rings. The van der Waals surface area contributed by atoms with Gasteiger partial charge in [0.1, 0.15) is 6.33 Å². The maximum atomic E-state index is 10.7. The first-order valence-corrected chi connectivity index (χ1v) is 5.85. The zero-order chi connectivity index (χ0) is 15.1. The number of nitrogens with two attached hydrogens (primary N) is 1. The van der Waals surface area contributed by atoms with Gasteiger partial charge in [-0.25, -0.2) is 14.8 Å². The Balaban J connectivity index is 0.000000444. The minimum Gasteiger partial charge on any atom is -0.477 e. The fourth-order valence-electron chi connectivity index (χ4n) is 1.28. The molecular weight excluding hydrogens is 282 g/mol. The predicted molar refractivity (Wildman–Crippen MR) is 74.3 cm³/mol. The second kappa shape index (κ2) is 7.20. The fourth-order valence-corrected chi connectivity index (χ4v) is 1.47. The molecule has 0 fully saturated rings. The second-order valence-electron chi connectivity index (χ2n) is 3.71. The van der Waals surface area contributed by atoms with E-state index in [-0.39, 0.29) is 11.6 Å². The van der Waals surface area contributed by atoms with Crippen LogP contribution in [0, 0.1) is 0 Å². The van der Waals surface area contributed by atoms with E-state index in [1.54, 1.807) is 24.3 Å². The summed E-state index contributed by atoms with van der Waals surface area (Å²) in [5, 5.41) is 9.37. The van der Waals surface area contributed by atoms with Gasteiger partial charge in [-0.2, -0.15) is 0 Å². The number of aromatic carboxylic acids is 1. The number of carboxylic acids is 1. The molecule has 2 rings (SSSR count). The molecule has 6 nitrogen and oxygen atoms in total. The number of primary amides is 1. The minimum atomic E-state index is -1.08. The SMILES string of the molecule is CC(N)=O.O=C(O)c1cc(-c2cccc(Cl)c2)ncn1. The molecule has 0 bridgehead atoms. The lowest BCUT2D eigenvalue weighted by Gasteiger charge is -2.01. The summed E-state index contributed by atoms with van der Waals surface area (Å²) in [5.41, 5.74) is 5.73. The third-order valence-corrected chi connectivity index (χ3v) is 2.24. The van der Waals surface area contributed by atoms with E-state index >= 15 is 0 Å². The standard InChI is InChI=1S/C11H7ClN2O2.C2H5NO/c12-8-3-1-2-7(4-8)9-5-10(11(15)16)14-6-13-9;1-2(3)4/h1-6H,(H,15,16);1H3,(H2,3,4). The monoisotopic (exact) mass is 293 g/mol. The Morgan fingerprint density at radius 1 is 1.25 bits per heavy atom. The van der Waals surface area contributed by atoms with E-state index in [2.05, 4.69) is 15.7 Å². The number of nitrogens with zero attached hydrogens (tertiary/aromatic N) is 2. The summed E-state index contributed by atoms with van der Waals surface area (Å²) in [6, 6.07) is 8.45. The quantitative estimate of drug-likeness (QED) is 0.880. The van der Waals surface area contributed by atoms with Crippen LogP contribution in [-0.2, 0) is 4.79 Å². The molecule has 0 unspecified atom stereocenters. The largest absolute Gasteiger partial charge is 0.477 e. The van der Waals surface area contributed by atoms with Crippen LogP contribution in [0.3, 0.4) is 0 Å². The zero-order valence-electron chi connectivity index (χ0n) is 10.6. The number of carboxylic acid groups (broad SMARTS) is 1. The van der Waals surface area contributed by atoms with Crippen molar-refractivity contribution in [1.82, 2.24) is 9.97 Å². The summed E-state index contributed by atoms with van der Waals surface area (Å²) in [4.78, 5) is 27.6. The van der Waals surface area contributed by atoms with E-state index < -0.39 is 5.97 Å². The molecule has 0 saturated heterocycles. The van der Waals surface area contributed by atoms with Gasteiger partial charge in [-0.1, -0.05) is 23.7 Å².